The summed E-state index contributed by atoms with van der Waals surface area (Å²) in [5.41, 5.74) is 0.985. The standard InChI is InChI=1S/C14H12BrN5O/c1-2-17-13-6-5-11(19-20-13)14(21)18-12-7-10(15)4-3-9(12)8-16/h3-7H,2H2,1H3,(H,17,20)(H,18,21). The van der Waals surface area contributed by atoms with Crippen molar-refractivity contribution in [3.05, 3.63) is 46.1 Å². The Hall–Kier alpha value is -2.46. The van der Waals surface area contributed by atoms with E-state index in [2.05, 4.69) is 36.8 Å². The van der Waals surface area contributed by atoms with Crippen molar-refractivity contribution < 1.29 is 4.79 Å². The minimum Gasteiger partial charge on any atom is -0.369 e. The van der Waals surface area contributed by atoms with Gasteiger partial charge in [-0.1, -0.05) is 15.9 Å². The molecule has 2 N–H and O–H groups in total. The lowest BCUT2D eigenvalue weighted by Gasteiger charge is -2.07. The lowest BCUT2D eigenvalue weighted by Crippen LogP contribution is -2.15. The summed E-state index contributed by atoms with van der Waals surface area (Å²) < 4.78 is 0.769. The highest BCUT2D eigenvalue weighted by Gasteiger charge is 2.11. The molecule has 0 unspecified atom stereocenters. The van der Waals surface area contributed by atoms with E-state index in [0.717, 1.165) is 11.0 Å². The van der Waals surface area contributed by atoms with E-state index in [1.54, 1.807) is 30.3 Å². The van der Waals surface area contributed by atoms with E-state index in [1.165, 1.54) is 0 Å². The van der Waals surface area contributed by atoms with Crippen molar-refractivity contribution in [3.63, 3.8) is 0 Å². The highest BCUT2D eigenvalue weighted by atomic mass is 79.9. The number of nitrogens with zero attached hydrogens (tertiary/aromatic N) is 3. The van der Waals surface area contributed by atoms with E-state index in [1.807, 2.05) is 13.0 Å². The Morgan fingerprint density at radius 1 is 1.33 bits per heavy atom. The van der Waals surface area contributed by atoms with Gasteiger partial charge in [-0.05, 0) is 37.3 Å². The fourth-order valence-electron chi connectivity index (χ4n) is 1.63. The SMILES string of the molecule is CCNc1ccc(C(=O)Nc2cc(Br)ccc2C#N)nn1. The fraction of sp³-hybridized carbons (Fsp3) is 0.143. The van der Waals surface area contributed by atoms with Crippen LogP contribution in [0.1, 0.15) is 23.0 Å². The predicted octanol–water partition coefficient (Wildman–Crippen LogP) is 2.79. The second kappa shape index (κ2) is 6.81. The van der Waals surface area contributed by atoms with Crippen LogP contribution in [-0.2, 0) is 0 Å². The molecule has 0 atom stereocenters. The smallest absolute Gasteiger partial charge is 0.276 e. The molecule has 0 spiro atoms. The maximum atomic E-state index is 12.1. The number of hydrogen-bond acceptors (Lipinski definition) is 5. The Morgan fingerprint density at radius 2 is 2.14 bits per heavy atom. The molecule has 0 radical (unpaired) electrons. The molecule has 0 aliphatic rings. The van der Waals surface area contributed by atoms with Crippen molar-refractivity contribution in [3.8, 4) is 6.07 Å². The summed E-state index contributed by atoms with van der Waals surface area (Å²) in [6, 6.07) is 10.3. The van der Waals surface area contributed by atoms with Gasteiger partial charge < -0.3 is 10.6 Å². The Kier molecular flexibility index (Phi) is 4.85. The quantitative estimate of drug-likeness (QED) is 0.888. The van der Waals surface area contributed by atoms with Crippen molar-refractivity contribution in [2.24, 2.45) is 0 Å². The lowest BCUT2D eigenvalue weighted by atomic mass is 10.2. The molecule has 21 heavy (non-hydrogen) atoms. The first-order valence-corrected chi connectivity index (χ1v) is 7.02. The van der Waals surface area contributed by atoms with E-state index in [-0.39, 0.29) is 5.69 Å². The van der Waals surface area contributed by atoms with Crippen LogP contribution in [-0.4, -0.2) is 22.6 Å². The molecule has 1 amide bonds. The van der Waals surface area contributed by atoms with Crippen LogP contribution in [0, 0.1) is 11.3 Å². The van der Waals surface area contributed by atoms with E-state index in [0.29, 0.717) is 17.1 Å². The summed E-state index contributed by atoms with van der Waals surface area (Å²) >= 11 is 3.30. The van der Waals surface area contributed by atoms with Gasteiger partial charge in [0.2, 0.25) is 0 Å². The molecule has 0 fully saturated rings. The van der Waals surface area contributed by atoms with Crippen molar-refractivity contribution in [1.29, 1.82) is 5.26 Å². The number of amides is 1. The first-order chi connectivity index (χ1) is 10.1. The largest absolute Gasteiger partial charge is 0.369 e. The zero-order valence-corrected chi connectivity index (χ0v) is 12.8. The third kappa shape index (κ3) is 3.77. The van der Waals surface area contributed by atoms with Gasteiger partial charge in [-0.15, -0.1) is 10.2 Å². The molecule has 6 nitrogen and oxygen atoms in total. The van der Waals surface area contributed by atoms with Crippen molar-refractivity contribution in [2.45, 2.75) is 6.92 Å². The van der Waals surface area contributed by atoms with Gasteiger partial charge in [0.15, 0.2) is 5.69 Å². The van der Waals surface area contributed by atoms with Crippen molar-refractivity contribution >= 4 is 33.3 Å². The summed E-state index contributed by atoms with van der Waals surface area (Å²) in [4.78, 5) is 12.1. The number of benzene rings is 1. The highest BCUT2D eigenvalue weighted by molar-refractivity contribution is 9.10. The van der Waals surface area contributed by atoms with Gasteiger partial charge in [0.25, 0.3) is 5.91 Å². The van der Waals surface area contributed by atoms with Gasteiger partial charge in [0.1, 0.15) is 11.9 Å². The molecule has 0 bridgehead atoms. The number of hydrogen-bond donors (Lipinski definition) is 2. The first kappa shape index (κ1) is 14.9. The number of anilines is 2. The molecule has 2 aromatic rings. The summed E-state index contributed by atoms with van der Waals surface area (Å²) in [5.74, 6) is 0.189. The Labute approximate surface area is 130 Å². The zero-order valence-electron chi connectivity index (χ0n) is 11.2. The maximum absolute atomic E-state index is 12.1. The minimum atomic E-state index is -0.417. The molecule has 0 saturated carbocycles. The van der Waals surface area contributed by atoms with Crippen molar-refractivity contribution in [1.82, 2.24) is 10.2 Å². The van der Waals surface area contributed by atoms with Crippen LogP contribution in [0.2, 0.25) is 0 Å². The predicted molar refractivity (Wildman–Crippen MR) is 83.0 cm³/mol. The third-order valence-electron chi connectivity index (χ3n) is 2.61. The third-order valence-corrected chi connectivity index (χ3v) is 3.10. The van der Waals surface area contributed by atoms with E-state index in [9.17, 15) is 4.79 Å². The van der Waals surface area contributed by atoms with Crippen LogP contribution in [0.5, 0.6) is 0 Å². The molecule has 7 heteroatoms. The number of nitrogens with one attached hydrogen (secondary N) is 2. The van der Waals surface area contributed by atoms with Crippen molar-refractivity contribution in [2.75, 3.05) is 17.2 Å². The molecule has 0 saturated heterocycles. The van der Waals surface area contributed by atoms with Gasteiger partial charge in [-0.3, -0.25) is 4.79 Å². The number of rotatable bonds is 4. The molecule has 106 valence electrons. The van der Waals surface area contributed by atoms with Crippen LogP contribution >= 0.6 is 15.9 Å². The average Bonchev–Trinajstić information content (AvgIpc) is 2.48. The van der Waals surface area contributed by atoms with E-state index in [4.69, 9.17) is 5.26 Å². The number of carbonyl (C=O) groups excluding carboxylic acids is 1. The van der Waals surface area contributed by atoms with Crippen LogP contribution in [0.3, 0.4) is 0 Å². The summed E-state index contributed by atoms with van der Waals surface area (Å²) in [6.07, 6.45) is 0. The Bertz CT molecular complexity index is 694. The van der Waals surface area contributed by atoms with E-state index >= 15 is 0 Å². The molecule has 0 aliphatic carbocycles. The summed E-state index contributed by atoms with van der Waals surface area (Å²) in [5, 5.41) is 22.4. The van der Waals surface area contributed by atoms with Gasteiger partial charge in [0, 0.05) is 11.0 Å². The number of carbonyl (C=O) groups is 1. The van der Waals surface area contributed by atoms with Crippen LogP contribution in [0.4, 0.5) is 11.5 Å². The highest BCUT2D eigenvalue weighted by Crippen LogP contribution is 2.21. The molecule has 2 rings (SSSR count). The first-order valence-electron chi connectivity index (χ1n) is 6.22. The number of aromatic nitrogens is 2. The average molecular weight is 346 g/mol. The summed E-state index contributed by atoms with van der Waals surface area (Å²) in [6.45, 7) is 2.67. The van der Waals surface area contributed by atoms with Crippen LogP contribution in [0.15, 0.2) is 34.8 Å². The van der Waals surface area contributed by atoms with Crippen LogP contribution < -0.4 is 10.6 Å². The minimum absolute atomic E-state index is 0.181. The Morgan fingerprint density at radius 3 is 2.76 bits per heavy atom. The summed E-state index contributed by atoms with van der Waals surface area (Å²) in [7, 11) is 0. The topological polar surface area (TPSA) is 90.7 Å². The molecule has 1 aromatic heterocycles. The molecule has 1 aromatic carbocycles. The second-order valence-corrected chi connectivity index (χ2v) is 5.01. The zero-order chi connectivity index (χ0) is 15.2. The maximum Gasteiger partial charge on any atom is 0.276 e. The number of halogens is 1. The lowest BCUT2D eigenvalue weighted by molar-refractivity contribution is 0.102. The molecular formula is C14H12BrN5O. The van der Waals surface area contributed by atoms with E-state index < -0.39 is 5.91 Å². The molecule has 1 heterocycles. The fourth-order valence-corrected chi connectivity index (χ4v) is 1.99. The molecule has 0 aliphatic heterocycles. The van der Waals surface area contributed by atoms with Crippen LogP contribution in [0.25, 0.3) is 0 Å². The van der Waals surface area contributed by atoms with Gasteiger partial charge in [-0.2, -0.15) is 5.26 Å². The second-order valence-electron chi connectivity index (χ2n) is 4.09. The monoisotopic (exact) mass is 345 g/mol. The van der Waals surface area contributed by atoms with Gasteiger partial charge >= 0.3 is 0 Å². The normalized spacial score (nSPS) is 9.76. The van der Waals surface area contributed by atoms with Gasteiger partial charge in [-0.25, -0.2) is 0 Å². The Balaban J connectivity index is 2.18. The van der Waals surface area contributed by atoms with Gasteiger partial charge in [0.05, 0.1) is 11.3 Å². The number of nitriles is 1. The molecular weight excluding hydrogens is 334 g/mol.